The number of fused-ring (bicyclic) bond motifs is 1. The molecule has 1 amide bonds. The summed E-state index contributed by atoms with van der Waals surface area (Å²) < 4.78 is 1.61. The van der Waals surface area contributed by atoms with Gasteiger partial charge in [0.25, 0.3) is 5.56 Å². The molecule has 1 saturated carbocycles. The highest BCUT2D eigenvalue weighted by molar-refractivity contribution is 5.81. The van der Waals surface area contributed by atoms with Crippen molar-refractivity contribution in [3.63, 3.8) is 0 Å². The third kappa shape index (κ3) is 4.08. The third-order valence-corrected chi connectivity index (χ3v) is 6.78. The van der Waals surface area contributed by atoms with Gasteiger partial charge in [-0.05, 0) is 56.9 Å². The number of hydrogen-bond acceptors (Lipinski definition) is 4. The van der Waals surface area contributed by atoms with Crippen LogP contribution in [0.5, 0.6) is 0 Å². The van der Waals surface area contributed by atoms with Crippen molar-refractivity contribution in [1.29, 1.82) is 0 Å². The van der Waals surface area contributed by atoms with E-state index in [9.17, 15) is 9.59 Å². The van der Waals surface area contributed by atoms with Crippen LogP contribution < -0.4 is 5.56 Å². The molecule has 0 atom stereocenters. The second-order valence-corrected chi connectivity index (χ2v) is 8.72. The van der Waals surface area contributed by atoms with E-state index in [1.54, 1.807) is 11.5 Å². The highest BCUT2D eigenvalue weighted by Gasteiger charge is 2.27. The van der Waals surface area contributed by atoms with E-state index >= 15 is 0 Å². The Balaban J connectivity index is 1.50. The predicted molar refractivity (Wildman–Crippen MR) is 115 cm³/mol. The molecule has 29 heavy (non-hydrogen) atoms. The first-order valence-corrected chi connectivity index (χ1v) is 10.9. The molecule has 6 heteroatoms. The third-order valence-electron chi connectivity index (χ3n) is 6.78. The van der Waals surface area contributed by atoms with Gasteiger partial charge in [-0.25, -0.2) is 4.98 Å². The maximum absolute atomic E-state index is 13.0. The molecule has 6 nitrogen and oxygen atoms in total. The second kappa shape index (κ2) is 8.27. The van der Waals surface area contributed by atoms with Gasteiger partial charge < -0.3 is 4.90 Å². The van der Waals surface area contributed by atoms with Gasteiger partial charge in [-0.2, -0.15) is 0 Å². The number of carbonyl (C=O) groups is 1. The lowest BCUT2D eigenvalue weighted by molar-refractivity contribution is -0.134. The highest BCUT2D eigenvalue weighted by atomic mass is 16.2. The normalized spacial score (nSPS) is 19.1. The maximum Gasteiger partial charge on any atom is 0.272 e. The summed E-state index contributed by atoms with van der Waals surface area (Å²) >= 11 is 0. The lowest BCUT2D eigenvalue weighted by Gasteiger charge is -2.40. The van der Waals surface area contributed by atoms with Gasteiger partial charge in [-0.1, -0.05) is 19.3 Å². The maximum atomic E-state index is 13.0. The highest BCUT2D eigenvalue weighted by Crippen LogP contribution is 2.23. The molecule has 0 spiro atoms. The van der Waals surface area contributed by atoms with Gasteiger partial charge in [-0.3, -0.25) is 19.1 Å². The van der Waals surface area contributed by atoms with E-state index in [1.807, 2.05) is 30.9 Å². The summed E-state index contributed by atoms with van der Waals surface area (Å²) in [7, 11) is 0. The van der Waals surface area contributed by atoms with Crippen molar-refractivity contribution in [2.24, 2.45) is 0 Å². The zero-order chi connectivity index (χ0) is 20.5. The number of hydrogen-bond donors (Lipinski definition) is 0. The Morgan fingerprint density at radius 1 is 1.00 bits per heavy atom. The largest absolute Gasteiger partial charge is 0.339 e. The van der Waals surface area contributed by atoms with Crippen LogP contribution in [0.25, 0.3) is 11.0 Å². The van der Waals surface area contributed by atoms with Crippen molar-refractivity contribution < 1.29 is 4.79 Å². The fraction of sp³-hybridized carbons (Fsp3) is 0.609. The first kappa shape index (κ1) is 20.1. The van der Waals surface area contributed by atoms with Crippen LogP contribution in [0.1, 0.15) is 48.9 Å². The molecule has 0 N–H and O–H groups in total. The van der Waals surface area contributed by atoms with Gasteiger partial charge in [-0.15, -0.1) is 0 Å². The van der Waals surface area contributed by atoms with Crippen molar-refractivity contribution in [1.82, 2.24) is 19.4 Å². The van der Waals surface area contributed by atoms with Crippen LogP contribution in [0.15, 0.2) is 16.9 Å². The van der Waals surface area contributed by atoms with E-state index in [4.69, 9.17) is 0 Å². The summed E-state index contributed by atoms with van der Waals surface area (Å²) in [4.78, 5) is 34.8. The molecular weight excluding hydrogens is 364 g/mol. The molecule has 0 radical (unpaired) electrons. The van der Waals surface area contributed by atoms with E-state index in [-0.39, 0.29) is 18.0 Å². The molecule has 0 bridgehead atoms. The minimum Gasteiger partial charge on any atom is -0.339 e. The predicted octanol–water partition coefficient (Wildman–Crippen LogP) is 2.80. The summed E-state index contributed by atoms with van der Waals surface area (Å²) in [6.07, 6.45) is 6.62. The lowest BCUT2D eigenvalue weighted by atomic mass is 9.94. The Morgan fingerprint density at radius 3 is 2.34 bits per heavy atom. The zero-order valence-electron chi connectivity index (χ0n) is 17.9. The number of aromatic nitrogens is 2. The van der Waals surface area contributed by atoms with Crippen LogP contribution in [0.4, 0.5) is 0 Å². The van der Waals surface area contributed by atoms with Crippen LogP contribution in [0, 0.1) is 20.8 Å². The lowest BCUT2D eigenvalue weighted by Crippen LogP contribution is -2.53. The fourth-order valence-corrected chi connectivity index (χ4v) is 4.80. The van der Waals surface area contributed by atoms with E-state index in [0.29, 0.717) is 11.7 Å². The SMILES string of the molecule is Cc1cc2nc(C)c(=O)n(CC(=O)N3CCN(C4CCCCC4)CC3)c2cc1C. The van der Waals surface area contributed by atoms with Gasteiger partial charge in [0.2, 0.25) is 5.91 Å². The van der Waals surface area contributed by atoms with E-state index in [0.717, 1.165) is 48.3 Å². The summed E-state index contributed by atoms with van der Waals surface area (Å²) in [6.45, 7) is 9.27. The summed E-state index contributed by atoms with van der Waals surface area (Å²) in [5.41, 5.74) is 4.04. The number of aryl methyl sites for hydroxylation is 3. The molecule has 1 aromatic heterocycles. The molecule has 4 rings (SSSR count). The average Bonchev–Trinajstić information content (AvgIpc) is 2.74. The average molecular weight is 397 g/mol. The fourth-order valence-electron chi connectivity index (χ4n) is 4.80. The number of benzene rings is 1. The van der Waals surface area contributed by atoms with E-state index < -0.39 is 0 Å². The Hall–Kier alpha value is -2.21. The number of nitrogens with zero attached hydrogens (tertiary/aromatic N) is 4. The summed E-state index contributed by atoms with van der Waals surface area (Å²) in [5.74, 6) is 0.0283. The Labute approximate surface area is 172 Å². The van der Waals surface area contributed by atoms with Crippen LogP contribution >= 0.6 is 0 Å². The molecule has 2 fully saturated rings. The Morgan fingerprint density at radius 2 is 1.66 bits per heavy atom. The molecule has 1 aliphatic carbocycles. The van der Waals surface area contributed by atoms with Crippen molar-refractivity contribution in [3.05, 3.63) is 39.3 Å². The molecule has 156 valence electrons. The quantitative estimate of drug-likeness (QED) is 0.801. The monoisotopic (exact) mass is 396 g/mol. The minimum absolute atomic E-state index is 0.0283. The summed E-state index contributed by atoms with van der Waals surface area (Å²) in [5, 5.41) is 0. The van der Waals surface area contributed by atoms with Crippen LogP contribution in [0.3, 0.4) is 0 Å². The topological polar surface area (TPSA) is 58.4 Å². The van der Waals surface area contributed by atoms with Gasteiger partial charge in [0.05, 0.1) is 11.0 Å². The molecule has 2 aliphatic rings. The van der Waals surface area contributed by atoms with Crippen LogP contribution in [-0.4, -0.2) is 57.5 Å². The molecule has 0 unspecified atom stereocenters. The second-order valence-electron chi connectivity index (χ2n) is 8.72. The summed E-state index contributed by atoms with van der Waals surface area (Å²) in [6, 6.07) is 4.68. The Kier molecular flexibility index (Phi) is 5.72. The molecule has 1 saturated heterocycles. The first-order chi connectivity index (χ1) is 13.9. The van der Waals surface area contributed by atoms with Gasteiger partial charge >= 0.3 is 0 Å². The number of rotatable bonds is 3. The van der Waals surface area contributed by atoms with Crippen LogP contribution in [0.2, 0.25) is 0 Å². The van der Waals surface area contributed by atoms with Crippen molar-refractivity contribution >= 4 is 16.9 Å². The van der Waals surface area contributed by atoms with Crippen molar-refractivity contribution in [2.45, 2.75) is 65.5 Å². The minimum atomic E-state index is -0.171. The molecule has 2 heterocycles. The number of amides is 1. The van der Waals surface area contributed by atoms with Crippen molar-refractivity contribution in [3.8, 4) is 0 Å². The van der Waals surface area contributed by atoms with Gasteiger partial charge in [0.15, 0.2) is 0 Å². The molecule has 2 aromatic rings. The van der Waals surface area contributed by atoms with Crippen molar-refractivity contribution in [2.75, 3.05) is 26.2 Å². The molecule has 1 aromatic carbocycles. The van der Waals surface area contributed by atoms with E-state index in [1.165, 1.54) is 32.1 Å². The zero-order valence-corrected chi connectivity index (χ0v) is 17.9. The Bertz CT molecular complexity index is 967. The first-order valence-electron chi connectivity index (χ1n) is 10.9. The smallest absolute Gasteiger partial charge is 0.272 e. The number of carbonyl (C=O) groups excluding carboxylic acids is 1. The number of piperazine rings is 1. The standard InChI is InChI=1S/C23H32N4O2/c1-16-13-20-21(14-17(16)2)27(23(29)18(3)24-20)15-22(28)26-11-9-25(10-12-26)19-7-5-4-6-8-19/h13-14,19H,4-12,15H2,1-3H3. The van der Waals surface area contributed by atoms with Crippen LogP contribution in [-0.2, 0) is 11.3 Å². The van der Waals surface area contributed by atoms with Gasteiger partial charge in [0, 0.05) is 32.2 Å². The molecule has 1 aliphatic heterocycles. The van der Waals surface area contributed by atoms with Gasteiger partial charge in [0.1, 0.15) is 12.2 Å². The molecular formula is C23H32N4O2. The van der Waals surface area contributed by atoms with E-state index in [2.05, 4.69) is 9.88 Å².